The minimum atomic E-state index is -0.663. The van der Waals surface area contributed by atoms with Gasteiger partial charge in [0, 0.05) is 6.42 Å². The summed E-state index contributed by atoms with van der Waals surface area (Å²) in [4.78, 5) is 10.4. The summed E-state index contributed by atoms with van der Waals surface area (Å²) in [5, 5.41) is 8.57. The average Bonchev–Trinajstić information content (AvgIpc) is 2.68. The number of carboxylic acids is 1. The highest BCUT2D eigenvalue weighted by Crippen LogP contribution is 2.11. The summed E-state index contributed by atoms with van der Waals surface area (Å²) >= 11 is 0. The molecule has 0 radical (unpaired) electrons. The van der Waals surface area contributed by atoms with E-state index in [2.05, 4.69) is 31.2 Å². The number of rotatable bonds is 22. The van der Waals surface area contributed by atoms with Crippen molar-refractivity contribution in [3.05, 3.63) is 24.3 Å². The monoisotopic (exact) mass is 392 g/mol. The molecule has 0 fully saturated rings. The molecule has 0 heterocycles. The van der Waals surface area contributed by atoms with Gasteiger partial charge in [-0.25, -0.2) is 0 Å². The Kier molecular flexibility index (Phi) is 23.1. The molecule has 1 N–H and O–H groups in total. The molecule has 0 aliphatic heterocycles. The summed E-state index contributed by atoms with van der Waals surface area (Å²) in [5.74, 6) is -0.663. The van der Waals surface area contributed by atoms with Crippen molar-refractivity contribution >= 4 is 5.97 Å². The van der Waals surface area contributed by atoms with E-state index in [4.69, 9.17) is 5.11 Å². The molecular weight excluding hydrogens is 344 g/mol. The predicted molar refractivity (Wildman–Crippen MR) is 124 cm³/mol. The number of carbonyl (C=O) groups is 1. The molecule has 0 saturated carbocycles. The Hall–Kier alpha value is -1.05. The maximum Gasteiger partial charge on any atom is 0.303 e. The molecule has 0 amide bonds. The lowest BCUT2D eigenvalue weighted by atomic mass is 10.1. The molecule has 0 aromatic carbocycles. The number of hydrogen-bond acceptors (Lipinski definition) is 1. The third kappa shape index (κ3) is 24.9. The Labute approximate surface area is 175 Å². The molecule has 0 atom stereocenters. The van der Waals surface area contributed by atoms with Gasteiger partial charge in [-0.3, -0.25) is 4.79 Å². The van der Waals surface area contributed by atoms with Crippen LogP contribution in [0.3, 0.4) is 0 Å². The molecule has 0 saturated heterocycles. The minimum absolute atomic E-state index is 0.330. The molecule has 0 rings (SSSR count). The highest BCUT2D eigenvalue weighted by Gasteiger charge is 1.96. The minimum Gasteiger partial charge on any atom is -0.481 e. The number of carboxylic acid groups (broad SMARTS) is 1. The van der Waals surface area contributed by atoms with Crippen molar-refractivity contribution in [3.8, 4) is 0 Å². The number of hydrogen-bond donors (Lipinski definition) is 1. The van der Waals surface area contributed by atoms with E-state index in [1.54, 1.807) is 0 Å². The first-order chi connectivity index (χ1) is 13.8. The van der Waals surface area contributed by atoms with Crippen LogP contribution in [0, 0.1) is 0 Å². The molecule has 0 aromatic heterocycles. The van der Waals surface area contributed by atoms with Crippen LogP contribution in [0.1, 0.15) is 135 Å². The van der Waals surface area contributed by atoms with E-state index in [0.717, 1.165) is 12.8 Å². The van der Waals surface area contributed by atoms with Crippen LogP contribution in [0.25, 0.3) is 0 Å². The lowest BCUT2D eigenvalue weighted by molar-refractivity contribution is -0.137. The highest BCUT2D eigenvalue weighted by molar-refractivity contribution is 5.66. The first-order valence-electron chi connectivity index (χ1n) is 12.3. The zero-order valence-electron chi connectivity index (χ0n) is 18.8. The molecule has 0 aromatic rings. The maximum atomic E-state index is 10.4. The predicted octanol–water partition coefficient (Wildman–Crippen LogP) is 9.01. The van der Waals surface area contributed by atoms with Crippen LogP contribution in [0.5, 0.6) is 0 Å². The van der Waals surface area contributed by atoms with Gasteiger partial charge in [0.05, 0.1) is 0 Å². The molecule has 164 valence electrons. The normalized spacial score (nSPS) is 11.8. The maximum absolute atomic E-state index is 10.4. The van der Waals surface area contributed by atoms with Gasteiger partial charge in [0.2, 0.25) is 0 Å². The Morgan fingerprint density at radius 3 is 1.21 bits per heavy atom. The first-order valence-corrected chi connectivity index (χ1v) is 12.3. The molecule has 0 bridgehead atoms. The van der Waals surface area contributed by atoms with Crippen molar-refractivity contribution < 1.29 is 9.90 Å². The van der Waals surface area contributed by atoms with Crippen molar-refractivity contribution in [1.82, 2.24) is 0 Å². The molecule has 0 aliphatic carbocycles. The van der Waals surface area contributed by atoms with E-state index < -0.39 is 5.97 Å². The topological polar surface area (TPSA) is 37.3 Å². The summed E-state index contributed by atoms with van der Waals surface area (Å²) in [6, 6.07) is 0. The number of unbranched alkanes of at least 4 members (excludes halogenated alkanes) is 16. The van der Waals surface area contributed by atoms with Crippen LogP contribution in [0.15, 0.2) is 24.3 Å². The SMILES string of the molecule is CCCCCCC=CCCCCCCCCC=CCCCCCCCC(=O)O. The van der Waals surface area contributed by atoms with Crippen LogP contribution >= 0.6 is 0 Å². The average molecular weight is 393 g/mol. The van der Waals surface area contributed by atoms with Gasteiger partial charge in [-0.2, -0.15) is 0 Å². The number of aliphatic carboxylic acids is 1. The Balaban J connectivity index is 3.13. The van der Waals surface area contributed by atoms with E-state index in [-0.39, 0.29) is 0 Å². The third-order valence-electron chi connectivity index (χ3n) is 5.31. The molecule has 28 heavy (non-hydrogen) atoms. The van der Waals surface area contributed by atoms with E-state index in [1.807, 2.05) is 0 Å². The van der Waals surface area contributed by atoms with E-state index in [1.165, 1.54) is 109 Å². The fourth-order valence-corrected chi connectivity index (χ4v) is 3.46. The largest absolute Gasteiger partial charge is 0.481 e. The van der Waals surface area contributed by atoms with Gasteiger partial charge in [0.1, 0.15) is 0 Å². The summed E-state index contributed by atoms with van der Waals surface area (Å²) in [6.45, 7) is 2.27. The van der Waals surface area contributed by atoms with Crippen molar-refractivity contribution in [2.24, 2.45) is 0 Å². The zero-order chi connectivity index (χ0) is 20.5. The van der Waals surface area contributed by atoms with Gasteiger partial charge >= 0.3 is 5.97 Å². The molecular formula is C26H48O2. The smallest absolute Gasteiger partial charge is 0.303 e. The first kappa shape index (κ1) is 27.0. The van der Waals surface area contributed by atoms with Crippen LogP contribution < -0.4 is 0 Å². The number of allylic oxidation sites excluding steroid dienone is 4. The molecule has 0 spiro atoms. The zero-order valence-corrected chi connectivity index (χ0v) is 18.8. The highest BCUT2D eigenvalue weighted by atomic mass is 16.4. The standard InChI is InChI=1S/C26H48O2/c1-2-3-4-5-6-7-8-9-10-11-12-13-14-15-16-17-18-19-20-21-22-23-24-25-26(27)28/h7-8,17-18H,2-6,9-16,19-25H2,1H3,(H,27,28). The van der Waals surface area contributed by atoms with Gasteiger partial charge in [0.15, 0.2) is 0 Å². The van der Waals surface area contributed by atoms with E-state index in [9.17, 15) is 4.79 Å². The second-order valence-corrected chi connectivity index (χ2v) is 8.19. The van der Waals surface area contributed by atoms with Crippen molar-refractivity contribution in [2.45, 2.75) is 135 Å². The molecule has 0 unspecified atom stereocenters. The van der Waals surface area contributed by atoms with Crippen LogP contribution in [0.2, 0.25) is 0 Å². The Bertz CT molecular complexity index is 371. The van der Waals surface area contributed by atoms with Gasteiger partial charge in [-0.1, -0.05) is 95.4 Å². The molecule has 2 nitrogen and oxygen atoms in total. The van der Waals surface area contributed by atoms with Crippen LogP contribution in [-0.2, 0) is 4.79 Å². The quantitative estimate of drug-likeness (QED) is 0.147. The van der Waals surface area contributed by atoms with Crippen molar-refractivity contribution in [2.75, 3.05) is 0 Å². The molecule has 0 aliphatic rings. The van der Waals surface area contributed by atoms with E-state index >= 15 is 0 Å². The lowest BCUT2D eigenvalue weighted by Gasteiger charge is -2.00. The van der Waals surface area contributed by atoms with Gasteiger partial charge in [-0.05, 0) is 57.8 Å². The van der Waals surface area contributed by atoms with Gasteiger partial charge in [0.25, 0.3) is 0 Å². The molecule has 2 heteroatoms. The summed E-state index contributed by atoms with van der Waals surface area (Å²) in [7, 11) is 0. The second-order valence-electron chi connectivity index (χ2n) is 8.19. The van der Waals surface area contributed by atoms with E-state index in [0.29, 0.717) is 6.42 Å². The fraction of sp³-hybridized carbons (Fsp3) is 0.808. The van der Waals surface area contributed by atoms with Crippen molar-refractivity contribution in [1.29, 1.82) is 0 Å². The van der Waals surface area contributed by atoms with Crippen molar-refractivity contribution in [3.63, 3.8) is 0 Å². The summed E-state index contributed by atoms with van der Waals surface area (Å²) < 4.78 is 0. The third-order valence-corrected chi connectivity index (χ3v) is 5.31. The van der Waals surface area contributed by atoms with Crippen LogP contribution in [-0.4, -0.2) is 11.1 Å². The van der Waals surface area contributed by atoms with Gasteiger partial charge < -0.3 is 5.11 Å². The van der Waals surface area contributed by atoms with Gasteiger partial charge in [-0.15, -0.1) is 0 Å². The Morgan fingerprint density at radius 2 is 0.857 bits per heavy atom. The summed E-state index contributed by atoms with van der Waals surface area (Å²) in [6.07, 6.45) is 34.1. The summed E-state index contributed by atoms with van der Waals surface area (Å²) in [5.41, 5.74) is 0. The fourth-order valence-electron chi connectivity index (χ4n) is 3.46. The van der Waals surface area contributed by atoms with Crippen LogP contribution in [0.4, 0.5) is 0 Å². The Morgan fingerprint density at radius 1 is 0.536 bits per heavy atom. The second kappa shape index (κ2) is 24.0. The lowest BCUT2D eigenvalue weighted by Crippen LogP contribution is -1.93.